The van der Waals surface area contributed by atoms with E-state index in [1.54, 1.807) is 0 Å². The molecule has 0 rings (SSSR count). The molecule has 0 amide bonds. The van der Waals surface area contributed by atoms with Crippen LogP contribution in [0.25, 0.3) is 0 Å². The van der Waals surface area contributed by atoms with Gasteiger partial charge in [-0.05, 0) is 44.9 Å². The van der Waals surface area contributed by atoms with Gasteiger partial charge in [0, 0.05) is 19.3 Å². The van der Waals surface area contributed by atoms with E-state index in [0.29, 0.717) is 19.3 Å². The fourth-order valence-corrected chi connectivity index (χ4v) is 7.50. The third kappa shape index (κ3) is 56.5. The van der Waals surface area contributed by atoms with E-state index in [1.807, 2.05) is 0 Å². The number of ether oxygens (including phenoxy) is 1. The van der Waals surface area contributed by atoms with Crippen LogP contribution in [0.2, 0.25) is 0 Å². The number of hydrogen-bond donors (Lipinski definition) is 1. The maximum Gasteiger partial charge on any atom is 0.313 e. The molecule has 0 saturated carbocycles. The number of rotatable bonds is 45. The third-order valence-electron chi connectivity index (χ3n) is 11.3. The van der Waals surface area contributed by atoms with Crippen LogP contribution in [0.1, 0.15) is 303 Å². The summed E-state index contributed by atoms with van der Waals surface area (Å²) >= 11 is 0. The minimum atomic E-state index is -0.664. The molecule has 0 aliphatic rings. The van der Waals surface area contributed by atoms with Crippen LogP contribution in [-0.2, 0) is 19.1 Å². The molecule has 0 fully saturated rings. The van der Waals surface area contributed by atoms with Crippen LogP contribution in [0.4, 0.5) is 0 Å². The molecule has 5 heteroatoms. The highest BCUT2D eigenvalue weighted by Crippen LogP contribution is 2.16. The Kier molecular flexibility index (Phi) is 52.8. The molecule has 338 valence electrons. The van der Waals surface area contributed by atoms with Crippen molar-refractivity contribution >= 4 is 17.9 Å². The van der Waals surface area contributed by atoms with Crippen LogP contribution in [0.15, 0.2) is 12.2 Å². The van der Waals surface area contributed by atoms with Crippen LogP contribution >= 0.6 is 0 Å². The maximum absolute atomic E-state index is 11.9. The normalized spacial score (nSPS) is 11.2. The summed E-state index contributed by atoms with van der Waals surface area (Å²) in [5, 5.41) is 8.51. The molecular weight excluding hydrogens is 705 g/mol. The second-order valence-corrected chi connectivity index (χ2v) is 17.3. The zero-order valence-electron chi connectivity index (χ0n) is 38.8. The Balaban J connectivity index is 0. The minimum Gasteiger partial charge on any atom is -0.481 e. The summed E-state index contributed by atoms with van der Waals surface area (Å²) in [6.45, 7) is 6.79. The van der Waals surface area contributed by atoms with Crippen molar-refractivity contribution in [3.05, 3.63) is 12.2 Å². The number of esters is 2. The largest absolute Gasteiger partial charge is 0.481 e. The number of unbranched alkanes of at least 4 members (excludes halogenated alkanes) is 37. The lowest BCUT2D eigenvalue weighted by atomic mass is 10.0. The van der Waals surface area contributed by atoms with Crippen molar-refractivity contribution in [1.82, 2.24) is 0 Å². The van der Waals surface area contributed by atoms with E-state index in [-0.39, 0.29) is 11.9 Å². The lowest BCUT2D eigenvalue weighted by Gasteiger charge is -2.05. The summed E-state index contributed by atoms with van der Waals surface area (Å²) < 4.78 is 4.98. The second-order valence-electron chi connectivity index (χ2n) is 17.3. The van der Waals surface area contributed by atoms with Gasteiger partial charge in [0.25, 0.3) is 0 Å². The van der Waals surface area contributed by atoms with Gasteiger partial charge >= 0.3 is 17.9 Å². The van der Waals surface area contributed by atoms with Gasteiger partial charge in [-0.3, -0.25) is 14.4 Å². The van der Waals surface area contributed by atoms with Crippen molar-refractivity contribution in [2.75, 3.05) is 0 Å². The van der Waals surface area contributed by atoms with Crippen LogP contribution in [0.5, 0.6) is 0 Å². The van der Waals surface area contributed by atoms with Gasteiger partial charge in [-0.1, -0.05) is 251 Å². The third-order valence-corrected chi connectivity index (χ3v) is 11.3. The number of aliphatic carboxylic acids is 1. The number of carbonyl (C=O) groups is 3. The van der Waals surface area contributed by atoms with Gasteiger partial charge in [0.05, 0.1) is 0 Å². The van der Waals surface area contributed by atoms with Crippen molar-refractivity contribution in [2.45, 2.75) is 303 Å². The predicted octanol–water partition coefficient (Wildman–Crippen LogP) is 17.9. The first-order chi connectivity index (χ1) is 28.0. The average Bonchev–Trinajstić information content (AvgIpc) is 3.19. The van der Waals surface area contributed by atoms with Gasteiger partial charge in [-0.15, -0.1) is 0 Å². The van der Waals surface area contributed by atoms with Crippen LogP contribution in [0, 0.1) is 0 Å². The van der Waals surface area contributed by atoms with E-state index < -0.39 is 5.97 Å². The highest BCUT2D eigenvalue weighted by Gasteiger charge is 2.10. The molecule has 0 aromatic heterocycles. The zero-order chi connectivity index (χ0) is 42.0. The number of carboxylic acids is 1. The van der Waals surface area contributed by atoms with E-state index in [4.69, 9.17) is 9.84 Å². The topological polar surface area (TPSA) is 80.7 Å². The Hall–Kier alpha value is -1.65. The van der Waals surface area contributed by atoms with Crippen molar-refractivity contribution in [3.8, 4) is 0 Å². The summed E-state index contributed by atoms with van der Waals surface area (Å²) in [5.41, 5.74) is 0. The fourth-order valence-electron chi connectivity index (χ4n) is 7.50. The molecule has 0 unspecified atom stereocenters. The molecule has 0 heterocycles. The molecule has 0 aliphatic carbocycles. The van der Waals surface area contributed by atoms with Gasteiger partial charge < -0.3 is 9.84 Å². The van der Waals surface area contributed by atoms with Gasteiger partial charge in [-0.25, -0.2) is 0 Å². The summed E-state index contributed by atoms with van der Waals surface area (Å²) in [6, 6.07) is 0. The minimum absolute atomic E-state index is 0.326. The smallest absolute Gasteiger partial charge is 0.313 e. The van der Waals surface area contributed by atoms with Crippen LogP contribution in [-0.4, -0.2) is 23.0 Å². The number of hydrogen-bond acceptors (Lipinski definition) is 4. The highest BCUT2D eigenvalue weighted by atomic mass is 16.6. The summed E-state index contributed by atoms with van der Waals surface area (Å²) in [6.07, 6.45) is 58.5. The Labute approximate surface area is 356 Å². The van der Waals surface area contributed by atoms with Crippen molar-refractivity contribution in [2.24, 2.45) is 0 Å². The van der Waals surface area contributed by atoms with Crippen LogP contribution in [0.3, 0.4) is 0 Å². The van der Waals surface area contributed by atoms with E-state index in [0.717, 1.165) is 38.5 Å². The van der Waals surface area contributed by atoms with E-state index in [9.17, 15) is 14.4 Å². The Morgan fingerprint density at radius 2 is 0.526 bits per heavy atom. The number of allylic oxidation sites excluding steroid dienone is 2. The van der Waals surface area contributed by atoms with Gasteiger partial charge in [-0.2, -0.15) is 0 Å². The lowest BCUT2D eigenvalue weighted by molar-refractivity contribution is -0.159. The molecular formula is C52H100O5. The lowest BCUT2D eigenvalue weighted by Crippen LogP contribution is -2.11. The zero-order valence-corrected chi connectivity index (χ0v) is 38.8. The standard InChI is InChI=1S/C34H66O3.C18H34O2/c1-3-5-7-9-11-13-14-15-16-17-18-19-20-21-22-24-26-28-30-32-34(36)37-33(35)31-29-27-25-23-12-10-8-6-4-2;1-2-3-4-5-6-7-8-9-10-11-12-13-14-15-16-17-18(19)20/h3-32H2,1-2H3;9-10H,2-8,11-17H2,1H3,(H,19,20)/b;10-9-. The molecule has 0 bridgehead atoms. The summed E-state index contributed by atoms with van der Waals surface area (Å²) in [7, 11) is 0. The molecule has 5 nitrogen and oxygen atoms in total. The highest BCUT2D eigenvalue weighted by molar-refractivity contribution is 5.85. The molecule has 0 atom stereocenters. The monoisotopic (exact) mass is 805 g/mol. The molecule has 57 heavy (non-hydrogen) atoms. The van der Waals surface area contributed by atoms with Crippen LogP contribution < -0.4 is 0 Å². The molecule has 0 aromatic rings. The summed E-state index contributed by atoms with van der Waals surface area (Å²) in [5.74, 6) is -1.32. The van der Waals surface area contributed by atoms with Crippen molar-refractivity contribution in [3.63, 3.8) is 0 Å². The number of carbonyl (C=O) groups excluding carboxylic acids is 2. The van der Waals surface area contributed by atoms with Gasteiger partial charge in [0.2, 0.25) is 0 Å². The van der Waals surface area contributed by atoms with Gasteiger partial charge in [0.15, 0.2) is 0 Å². The molecule has 0 aromatic carbocycles. The van der Waals surface area contributed by atoms with Crippen molar-refractivity contribution in [1.29, 1.82) is 0 Å². The van der Waals surface area contributed by atoms with Crippen molar-refractivity contribution < 1.29 is 24.2 Å². The molecule has 0 aliphatic heterocycles. The van der Waals surface area contributed by atoms with E-state index >= 15 is 0 Å². The predicted molar refractivity (Wildman–Crippen MR) is 248 cm³/mol. The fraction of sp³-hybridized carbons (Fsp3) is 0.904. The Morgan fingerprint density at radius 3 is 0.772 bits per heavy atom. The average molecular weight is 805 g/mol. The van der Waals surface area contributed by atoms with E-state index in [1.165, 1.54) is 225 Å². The summed E-state index contributed by atoms with van der Waals surface area (Å²) in [4.78, 5) is 34.0. The maximum atomic E-state index is 11.9. The molecule has 1 N–H and O–H groups in total. The second kappa shape index (κ2) is 52.4. The first kappa shape index (κ1) is 57.4. The quantitative estimate of drug-likeness (QED) is 0.0287. The number of carboxylic acid groups (broad SMARTS) is 1. The SMILES string of the molecule is CCCCCCCC/C=C\CCCCCCCC(=O)O.CCCCCCCCCCCCCCCCCCCCCC(=O)OC(=O)CCCCCCCCCCC. The Bertz CT molecular complexity index is 836. The first-order valence-corrected chi connectivity index (χ1v) is 25.6. The first-order valence-electron chi connectivity index (χ1n) is 25.6. The molecule has 0 spiro atoms. The Morgan fingerprint density at radius 1 is 0.316 bits per heavy atom. The van der Waals surface area contributed by atoms with Gasteiger partial charge in [0.1, 0.15) is 0 Å². The molecule has 0 saturated heterocycles. The molecule has 0 radical (unpaired) electrons. The van der Waals surface area contributed by atoms with E-state index in [2.05, 4.69) is 32.9 Å².